The van der Waals surface area contributed by atoms with E-state index in [1.807, 2.05) is 0 Å². The maximum atomic E-state index is 12.4. The van der Waals surface area contributed by atoms with Crippen LogP contribution in [0.25, 0.3) is 0 Å². The Labute approximate surface area is 148 Å². The number of halogens is 3. The predicted molar refractivity (Wildman–Crippen MR) is 85.0 cm³/mol. The highest BCUT2D eigenvalue weighted by Gasteiger charge is 2.40. The second-order valence-corrected chi connectivity index (χ2v) is 6.26. The lowest BCUT2D eigenvalue weighted by molar-refractivity contribution is -0.157. The van der Waals surface area contributed by atoms with Gasteiger partial charge in [0.25, 0.3) is 0 Å². The molecule has 1 aliphatic rings. The minimum absolute atomic E-state index is 0.160. The molecule has 142 valence electrons. The molecule has 0 spiro atoms. The zero-order chi connectivity index (χ0) is 19.3. The number of nitrogens with zero attached hydrogens (tertiary/aromatic N) is 1. The fourth-order valence-corrected chi connectivity index (χ4v) is 2.83. The first-order valence-electron chi connectivity index (χ1n) is 8.04. The molecule has 0 bridgehead atoms. The molecule has 1 aliphatic heterocycles. The fraction of sp³-hybridized carbons (Fsp3) is 0.471. The van der Waals surface area contributed by atoms with Crippen molar-refractivity contribution in [1.29, 1.82) is 0 Å². The molecule has 1 heterocycles. The Morgan fingerprint density at radius 2 is 1.92 bits per heavy atom. The molecule has 26 heavy (non-hydrogen) atoms. The Morgan fingerprint density at radius 3 is 2.50 bits per heavy atom. The highest BCUT2D eigenvalue weighted by molar-refractivity contribution is 5.89. The number of carboxylic acid groups (broad SMARTS) is 1. The number of benzene rings is 1. The van der Waals surface area contributed by atoms with Crippen LogP contribution in [0.2, 0.25) is 0 Å². The molecule has 1 saturated heterocycles. The van der Waals surface area contributed by atoms with Crippen LogP contribution in [0, 0.1) is 11.8 Å². The van der Waals surface area contributed by atoms with E-state index in [0.29, 0.717) is 4.90 Å². The number of hydrogen-bond acceptors (Lipinski definition) is 3. The number of nitrogens with one attached hydrogen (secondary N) is 1. The van der Waals surface area contributed by atoms with Crippen molar-refractivity contribution in [3.05, 3.63) is 35.9 Å². The highest BCUT2D eigenvalue weighted by Crippen LogP contribution is 2.24. The molecular weight excluding hydrogens is 353 g/mol. The van der Waals surface area contributed by atoms with Crippen LogP contribution in [0.1, 0.15) is 12.0 Å². The summed E-state index contributed by atoms with van der Waals surface area (Å²) in [7, 11) is 0. The van der Waals surface area contributed by atoms with Gasteiger partial charge in [-0.1, -0.05) is 30.3 Å². The predicted octanol–water partition coefficient (Wildman–Crippen LogP) is 1.46. The molecule has 0 saturated carbocycles. The first kappa shape index (κ1) is 19.7. The Balaban J connectivity index is 1.88. The summed E-state index contributed by atoms with van der Waals surface area (Å²) in [4.78, 5) is 35.7. The van der Waals surface area contributed by atoms with Crippen LogP contribution in [0.15, 0.2) is 30.3 Å². The van der Waals surface area contributed by atoms with Gasteiger partial charge in [0, 0.05) is 19.5 Å². The summed E-state index contributed by atoms with van der Waals surface area (Å²) in [6.07, 6.45) is -4.62. The van der Waals surface area contributed by atoms with E-state index in [1.54, 1.807) is 30.3 Å². The molecule has 0 aliphatic carbocycles. The van der Waals surface area contributed by atoms with Gasteiger partial charge < -0.3 is 15.3 Å². The summed E-state index contributed by atoms with van der Waals surface area (Å²) in [5, 5.41) is 11.7. The molecule has 1 fully saturated rings. The van der Waals surface area contributed by atoms with Crippen LogP contribution in [0.3, 0.4) is 0 Å². The number of amides is 2. The van der Waals surface area contributed by atoms with Crippen molar-refractivity contribution < 1.29 is 32.7 Å². The van der Waals surface area contributed by atoms with Crippen molar-refractivity contribution in [2.45, 2.75) is 19.0 Å². The summed E-state index contributed by atoms with van der Waals surface area (Å²) < 4.78 is 37.2. The Morgan fingerprint density at radius 1 is 1.27 bits per heavy atom. The molecule has 9 heteroatoms. The van der Waals surface area contributed by atoms with Gasteiger partial charge >= 0.3 is 12.1 Å². The second kappa shape index (κ2) is 8.20. The fourth-order valence-electron chi connectivity index (χ4n) is 2.83. The van der Waals surface area contributed by atoms with Crippen LogP contribution in [0.4, 0.5) is 13.2 Å². The van der Waals surface area contributed by atoms with Crippen molar-refractivity contribution in [3.63, 3.8) is 0 Å². The molecule has 0 unspecified atom stereocenters. The van der Waals surface area contributed by atoms with Crippen LogP contribution in [0.5, 0.6) is 0 Å². The number of carboxylic acids is 1. The molecule has 6 nitrogen and oxygen atoms in total. The van der Waals surface area contributed by atoms with Crippen LogP contribution >= 0.6 is 0 Å². The summed E-state index contributed by atoms with van der Waals surface area (Å²) in [5.41, 5.74) is 0.793. The third-order valence-electron chi connectivity index (χ3n) is 4.15. The normalized spacial score (nSPS) is 18.7. The lowest BCUT2D eigenvalue weighted by Gasteiger charge is -2.19. The Bertz CT molecular complexity index is 664. The number of likely N-dealkylation sites (tertiary alicyclic amines) is 1. The minimum atomic E-state index is -4.52. The smallest absolute Gasteiger partial charge is 0.406 e. The monoisotopic (exact) mass is 372 g/mol. The SMILES string of the molecule is O=C(O)[C@@H](CNC(=O)[C@@H]1CC(=O)N(CC(F)(F)F)C1)Cc1ccccc1. The quantitative estimate of drug-likeness (QED) is 0.759. The average Bonchev–Trinajstić information content (AvgIpc) is 2.91. The van der Waals surface area contributed by atoms with Gasteiger partial charge in [-0.3, -0.25) is 14.4 Å². The van der Waals surface area contributed by atoms with Crippen molar-refractivity contribution in [2.24, 2.45) is 11.8 Å². The van der Waals surface area contributed by atoms with Crippen LogP contribution < -0.4 is 5.32 Å². The van der Waals surface area contributed by atoms with Gasteiger partial charge in [-0.25, -0.2) is 0 Å². The molecule has 2 amide bonds. The summed E-state index contributed by atoms with van der Waals surface area (Å²) in [6, 6.07) is 8.87. The van der Waals surface area contributed by atoms with Gasteiger partial charge in [-0.15, -0.1) is 0 Å². The Kier molecular flexibility index (Phi) is 6.23. The first-order chi connectivity index (χ1) is 12.2. The summed E-state index contributed by atoms with van der Waals surface area (Å²) in [6.45, 7) is -1.87. The van der Waals surface area contributed by atoms with Gasteiger partial charge in [0.1, 0.15) is 6.54 Å². The zero-order valence-corrected chi connectivity index (χ0v) is 13.8. The van der Waals surface area contributed by atoms with Gasteiger partial charge in [0.05, 0.1) is 11.8 Å². The van der Waals surface area contributed by atoms with E-state index < -0.39 is 42.3 Å². The van der Waals surface area contributed by atoms with E-state index in [9.17, 15) is 32.7 Å². The first-order valence-corrected chi connectivity index (χ1v) is 8.04. The molecular formula is C17H19F3N2O4. The second-order valence-electron chi connectivity index (χ2n) is 6.26. The van der Waals surface area contributed by atoms with E-state index in [4.69, 9.17) is 0 Å². The lowest BCUT2D eigenvalue weighted by atomic mass is 9.99. The van der Waals surface area contributed by atoms with Crippen molar-refractivity contribution in [3.8, 4) is 0 Å². The minimum Gasteiger partial charge on any atom is -0.481 e. The summed E-state index contributed by atoms with van der Waals surface area (Å²) >= 11 is 0. The van der Waals surface area contributed by atoms with E-state index in [2.05, 4.69) is 5.32 Å². The van der Waals surface area contributed by atoms with Gasteiger partial charge in [-0.05, 0) is 12.0 Å². The van der Waals surface area contributed by atoms with Gasteiger partial charge in [0.15, 0.2) is 0 Å². The largest absolute Gasteiger partial charge is 0.481 e. The maximum Gasteiger partial charge on any atom is 0.406 e. The summed E-state index contributed by atoms with van der Waals surface area (Å²) in [5.74, 6) is -4.21. The highest BCUT2D eigenvalue weighted by atomic mass is 19.4. The lowest BCUT2D eigenvalue weighted by Crippen LogP contribution is -2.39. The van der Waals surface area contributed by atoms with E-state index in [1.165, 1.54) is 0 Å². The Hall–Kier alpha value is -2.58. The number of rotatable bonds is 7. The standard InChI is InChI=1S/C17H19F3N2O4/c18-17(19,20)10-22-9-13(7-14(22)23)15(24)21-8-12(16(25)26)6-11-4-2-1-3-5-11/h1-5,12-13H,6-10H2,(H,21,24)(H,25,26)/t12-,13-/m1/s1. The molecule has 2 N–H and O–H groups in total. The third kappa shape index (κ3) is 5.75. The molecule has 1 aromatic carbocycles. The molecule has 2 atom stereocenters. The number of hydrogen-bond donors (Lipinski definition) is 2. The molecule has 0 aromatic heterocycles. The van der Waals surface area contributed by atoms with Gasteiger partial charge in [0.2, 0.25) is 11.8 Å². The molecule has 2 rings (SSSR count). The van der Waals surface area contributed by atoms with Crippen LogP contribution in [-0.4, -0.2) is 53.6 Å². The number of aliphatic carboxylic acids is 1. The van der Waals surface area contributed by atoms with Crippen molar-refractivity contribution in [2.75, 3.05) is 19.6 Å². The molecule has 0 radical (unpaired) electrons. The number of carbonyl (C=O) groups excluding carboxylic acids is 2. The van der Waals surface area contributed by atoms with E-state index in [-0.39, 0.29) is 25.9 Å². The number of alkyl halides is 3. The van der Waals surface area contributed by atoms with Crippen LogP contribution in [-0.2, 0) is 20.8 Å². The maximum absolute atomic E-state index is 12.4. The van der Waals surface area contributed by atoms with E-state index >= 15 is 0 Å². The molecule has 1 aromatic rings. The zero-order valence-electron chi connectivity index (χ0n) is 13.8. The number of carbonyl (C=O) groups is 3. The van der Waals surface area contributed by atoms with Crippen molar-refractivity contribution in [1.82, 2.24) is 10.2 Å². The van der Waals surface area contributed by atoms with Gasteiger partial charge in [-0.2, -0.15) is 13.2 Å². The topological polar surface area (TPSA) is 86.7 Å². The van der Waals surface area contributed by atoms with Crippen molar-refractivity contribution >= 4 is 17.8 Å². The third-order valence-corrected chi connectivity index (χ3v) is 4.15. The average molecular weight is 372 g/mol. The van der Waals surface area contributed by atoms with E-state index in [0.717, 1.165) is 5.56 Å².